The zero-order valence-electron chi connectivity index (χ0n) is 12.6. The molecule has 0 saturated carbocycles. The van der Waals surface area contributed by atoms with E-state index < -0.39 is 0 Å². The normalized spacial score (nSPS) is 9.77. The van der Waals surface area contributed by atoms with Crippen molar-refractivity contribution in [3.05, 3.63) is 28.8 Å². The van der Waals surface area contributed by atoms with Crippen LogP contribution in [0.2, 0.25) is 5.02 Å². The molecular weight excluding hydrogens is 329 g/mol. The second kappa shape index (κ2) is 11.3. The number of carbonyl (C=O) groups excluding carboxylic acids is 2. The van der Waals surface area contributed by atoms with Crippen LogP contribution >= 0.6 is 24.0 Å². The van der Waals surface area contributed by atoms with Crippen LogP contribution in [0, 0.1) is 6.92 Å². The number of carbonyl (C=O) groups is 2. The molecule has 2 amide bonds. The first-order valence-electron chi connectivity index (χ1n) is 6.55. The number of amides is 2. The molecule has 8 heteroatoms. The molecule has 1 aromatic carbocycles. The van der Waals surface area contributed by atoms with Gasteiger partial charge in [0.15, 0.2) is 0 Å². The number of aryl methyl sites for hydroxylation is 1. The number of halogens is 2. The van der Waals surface area contributed by atoms with Crippen LogP contribution in [0.1, 0.15) is 5.56 Å². The van der Waals surface area contributed by atoms with E-state index in [4.69, 9.17) is 16.3 Å². The van der Waals surface area contributed by atoms with Crippen molar-refractivity contribution < 1.29 is 14.3 Å². The Kier molecular flexibility index (Phi) is 10.6. The summed E-state index contributed by atoms with van der Waals surface area (Å²) < 4.78 is 4.84. The first-order chi connectivity index (χ1) is 10.0. The third kappa shape index (κ3) is 8.19. The van der Waals surface area contributed by atoms with Crippen molar-refractivity contribution in [2.24, 2.45) is 0 Å². The molecule has 0 atom stereocenters. The zero-order valence-corrected chi connectivity index (χ0v) is 14.1. The smallest absolute Gasteiger partial charge is 0.243 e. The van der Waals surface area contributed by atoms with E-state index in [0.717, 1.165) is 5.56 Å². The van der Waals surface area contributed by atoms with Gasteiger partial charge in [-0.25, -0.2) is 0 Å². The van der Waals surface area contributed by atoms with E-state index in [1.54, 1.807) is 19.2 Å². The SMILES string of the molecule is COCCNCC(=O)NCC(=O)Nc1ccc(C)cc1Cl.Cl. The minimum absolute atomic E-state index is 0. The molecule has 124 valence electrons. The molecule has 0 bridgehead atoms. The van der Waals surface area contributed by atoms with Crippen molar-refractivity contribution in [2.75, 3.05) is 38.7 Å². The highest BCUT2D eigenvalue weighted by molar-refractivity contribution is 6.33. The van der Waals surface area contributed by atoms with Gasteiger partial charge in [-0.05, 0) is 24.6 Å². The summed E-state index contributed by atoms with van der Waals surface area (Å²) in [5, 5.41) is 8.51. The summed E-state index contributed by atoms with van der Waals surface area (Å²) in [6.45, 7) is 3.06. The molecule has 0 aliphatic heterocycles. The standard InChI is InChI=1S/C14H20ClN3O3.ClH/c1-10-3-4-12(11(15)7-10)18-14(20)9-17-13(19)8-16-5-6-21-2;/h3-4,7,16H,5-6,8-9H2,1-2H3,(H,17,19)(H,18,20);1H. The van der Waals surface area contributed by atoms with Crippen LogP contribution < -0.4 is 16.0 Å². The van der Waals surface area contributed by atoms with Gasteiger partial charge >= 0.3 is 0 Å². The molecule has 0 aromatic heterocycles. The summed E-state index contributed by atoms with van der Waals surface area (Å²) in [5.74, 6) is -0.581. The number of nitrogens with one attached hydrogen (secondary N) is 3. The average molecular weight is 350 g/mol. The fourth-order valence-electron chi connectivity index (χ4n) is 1.53. The molecule has 0 radical (unpaired) electrons. The Morgan fingerprint density at radius 2 is 1.95 bits per heavy atom. The lowest BCUT2D eigenvalue weighted by molar-refractivity contribution is -0.123. The van der Waals surface area contributed by atoms with E-state index in [9.17, 15) is 9.59 Å². The Balaban J connectivity index is 0.00000441. The average Bonchev–Trinajstić information content (AvgIpc) is 2.44. The first-order valence-corrected chi connectivity index (χ1v) is 6.93. The second-order valence-corrected chi connectivity index (χ2v) is 4.88. The summed E-state index contributed by atoms with van der Waals surface area (Å²) in [4.78, 5) is 23.2. The molecule has 1 aromatic rings. The van der Waals surface area contributed by atoms with Crippen LogP contribution in [0.4, 0.5) is 5.69 Å². The predicted molar refractivity (Wildman–Crippen MR) is 89.8 cm³/mol. The van der Waals surface area contributed by atoms with Crippen molar-refractivity contribution in [1.82, 2.24) is 10.6 Å². The maximum atomic E-state index is 11.7. The van der Waals surface area contributed by atoms with Crippen molar-refractivity contribution in [3.8, 4) is 0 Å². The number of ether oxygens (including phenoxy) is 1. The molecular formula is C14H21Cl2N3O3. The van der Waals surface area contributed by atoms with Crippen LogP contribution in [0.15, 0.2) is 18.2 Å². The Morgan fingerprint density at radius 3 is 2.59 bits per heavy atom. The number of anilines is 1. The van der Waals surface area contributed by atoms with Crippen LogP contribution in [0.25, 0.3) is 0 Å². The van der Waals surface area contributed by atoms with Crippen molar-refractivity contribution in [3.63, 3.8) is 0 Å². The molecule has 0 aliphatic carbocycles. The molecule has 1 rings (SSSR count). The topological polar surface area (TPSA) is 79.5 Å². The van der Waals surface area contributed by atoms with E-state index in [1.807, 2.05) is 13.0 Å². The summed E-state index contributed by atoms with van der Waals surface area (Å²) >= 11 is 6.01. The summed E-state index contributed by atoms with van der Waals surface area (Å²) in [6.07, 6.45) is 0. The number of hydrogen-bond donors (Lipinski definition) is 3. The third-order valence-corrected chi connectivity index (χ3v) is 2.93. The quantitative estimate of drug-likeness (QED) is 0.619. The van der Waals surface area contributed by atoms with Gasteiger partial charge in [0.1, 0.15) is 0 Å². The highest BCUT2D eigenvalue weighted by Crippen LogP contribution is 2.22. The van der Waals surface area contributed by atoms with E-state index in [2.05, 4.69) is 16.0 Å². The predicted octanol–water partition coefficient (Wildman–Crippen LogP) is 1.36. The minimum atomic E-state index is -0.328. The van der Waals surface area contributed by atoms with Crippen LogP contribution in [-0.2, 0) is 14.3 Å². The summed E-state index contributed by atoms with van der Waals surface area (Å²) in [6, 6.07) is 5.33. The van der Waals surface area contributed by atoms with Gasteiger partial charge in [0.25, 0.3) is 0 Å². The number of benzene rings is 1. The van der Waals surface area contributed by atoms with Crippen LogP contribution in [0.5, 0.6) is 0 Å². The fraction of sp³-hybridized carbons (Fsp3) is 0.429. The van der Waals surface area contributed by atoms with Gasteiger partial charge in [-0.2, -0.15) is 0 Å². The maximum Gasteiger partial charge on any atom is 0.243 e. The van der Waals surface area contributed by atoms with Gasteiger partial charge < -0.3 is 20.7 Å². The second-order valence-electron chi connectivity index (χ2n) is 4.48. The Hall–Kier alpha value is -1.34. The lowest BCUT2D eigenvalue weighted by atomic mass is 10.2. The number of rotatable bonds is 8. The van der Waals surface area contributed by atoms with Crippen molar-refractivity contribution >= 4 is 41.5 Å². The number of methoxy groups -OCH3 is 1. The van der Waals surface area contributed by atoms with Crippen molar-refractivity contribution in [2.45, 2.75) is 6.92 Å². The molecule has 0 unspecified atom stereocenters. The highest BCUT2D eigenvalue weighted by Gasteiger charge is 2.07. The van der Waals surface area contributed by atoms with E-state index in [1.165, 1.54) is 0 Å². The molecule has 0 fully saturated rings. The van der Waals surface area contributed by atoms with Gasteiger partial charge in [-0.15, -0.1) is 12.4 Å². The van der Waals surface area contributed by atoms with Gasteiger partial charge in [0.2, 0.25) is 11.8 Å². The molecule has 0 spiro atoms. The van der Waals surface area contributed by atoms with E-state index in [-0.39, 0.29) is 37.3 Å². The Labute approximate surface area is 141 Å². The maximum absolute atomic E-state index is 11.7. The molecule has 0 aliphatic rings. The largest absolute Gasteiger partial charge is 0.383 e. The number of hydrogen-bond acceptors (Lipinski definition) is 4. The van der Waals surface area contributed by atoms with Crippen molar-refractivity contribution in [1.29, 1.82) is 0 Å². The Bertz CT molecular complexity index is 498. The lowest BCUT2D eigenvalue weighted by Crippen LogP contribution is -2.39. The fourth-order valence-corrected chi connectivity index (χ4v) is 1.82. The molecule has 0 heterocycles. The van der Waals surface area contributed by atoms with Gasteiger partial charge in [-0.3, -0.25) is 9.59 Å². The van der Waals surface area contributed by atoms with Gasteiger partial charge in [0.05, 0.1) is 30.4 Å². The first kappa shape index (κ1) is 20.7. The van der Waals surface area contributed by atoms with Gasteiger partial charge in [-0.1, -0.05) is 17.7 Å². The highest BCUT2D eigenvalue weighted by atomic mass is 35.5. The minimum Gasteiger partial charge on any atom is -0.383 e. The van der Waals surface area contributed by atoms with Gasteiger partial charge in [0, 0.05) is 13.7 Å². The van der Waals surface area contributed by atoms with Crippen LogP contribution in [-0.4, -0.2) is 45.2 Å². The summed E-state index contributed by atoms with van der Waals surface area (Å²) in [7, 11) is 1.59. The van der Waals surface area contributed by atoms with Crippen LogP contribution in [0.3, 0.4) is 0 Å². The Morgan fingerprint density at radius 1 is 1.23 bits per heavy atom. The monoisotopic (exact) mass is 349 g/mol. The lowest BCUT2D eigenvalue weighted by Gasteiger charge is -2.09. The van der Waals surface area contributed by atoms with E-state index >= 15 is 0 Å². The molecule has 22 heavy (non-hydrogen) atoms. The third-order valence-electron chi connectivity index (χ3n) is 2.61. The zero-order chi connectivity index (χ0) is 15.7. The molecule has 3 N–H and O–H groups in total. The molecule has 0 saturated heterocycles. The summed E-state index contributed by atoms with van der Waals surface area (Å²) in [5.41, 5.74) is 1.54. The molecule has 6 nitrogen and oxygen atoms in total. The van der Waals surface area contributed by atoms with E-state index in [0.29, 0.717) is 23.9 Å².